The number of ether oxygens (including phenoxy) is 3. The molecule has 1 unspecified atom stereocenters. The van der Waals surface area contributed by atoms with E-state index in [4.69, 9.17) is 14.2 Å². The minimum Gasteiger partial charge on any atom is -0.462 e. The number of unbranched alkanes of at least 4 members (excludes halogenated alkanes) is 15. The number of hydrogen-bond acceptors (Lipinski definition) is 6. The first-order valence-corrected chi connectivity index (χ1v) is 24.6. The molecule has 348 valence electrons. The molecule has 62 heavy (non-hydrogen) atoms. The minimum absolute atomic E-state index is 0.122. The maximum Gasteiger partial charge on any atom is 0.306 e. The van der Waals surface area contributed by atoms with Gasteiger partial charge in [0.05, 0.1) is 0 Å². The number of carbonyl (C=O) groups excluding carboxylic acids is 3. The van der Waals surface area contributed by atoms with E-state index < -0.39 is 6.10 Å². The first-order chi connectivity index (χ1) is 30.5. The molecule has 6 nitrogen and oxygen atoms in total. The van der Waals surface area contributed by atoms with Crippen molar-refractivity contribution in [1.82, 2.24) is 0 Å². The quantitative estimate of drug-likeness (QED) is 0.0200. The van der Waals surface area contributed by atoms with Crippen LogP contribution in [0.2, 0.25) is 0 Å². The zero-order chi connectivity index (χ0) is 45.1. The minimum atomic E-state index is -0.824. The largest absolute Gasteiger partial charge is 0.462 e. The molecular weight excluding hydrogens is 769 g/mol. The molecule has 0 fully saturated rings. The summed E-state index contributed by atoms with van der Waals surface area (Å²) in [6.45, 7) is 6.25. The van der Waals surface area contributed by atoms with Crippen LogP contribution >= 0.6 is 0 Å². The molecule has 0 aromatic heterocycles. The summed E-state index contributed by atoms with van der Waals surface area (Å²) in [7, 11) is 0. The van der Waals surface area contributed by atoms with Gasteiger partial charge >= 0.3 is 17.9 Å². The highest BCUT2D eigenvalue weighted by molar-refractivity contribution is 5.71. The molecule has 0 heterocycles. The lowest BCUT2D eigenvalue weighted by Crippen LogP contribution is -2.30. The first-order valence-electron chi connectivity index (χ1n) is 24.6. The fourth-order valence-corrected chi connectivity index (χ4v) is 6.16. The number of rotatable bonds is 42. The predicted molar refractivity (Wildman–Crippen MR) is 265 cm³/mol. The number of esters is 3. The average Bonchev–Trinajstić information content (AvgIpc) is 3.27. The summed E-state index contributed by atoms with van der Waals surface area (Å²) >= 11 is 0. The summed E-state index contributed by atoms with van der Waals surface area (Å²) < 4.78 is 16.7. The van der Waals surface area contributed by atoms with E-state index in [1.54, 1.807) is 0 Å². The van der Waals surface area contributed by atoms with Gasteiger partial charge in [-0.3, -0.25) is 14.4 Å². The van der Waals surface area contributed by atoms with E-state index in [1.165, 1.54) is 64.2 Å². The third-order valence-electron chi connectivity index (χ3n) is 9.81. The third kappa shape index (κ3) is 46.9. The van der Waals surface area contributed by atoms with E-state index in [1.807, 2.05) is 54.7 Å². The van der Waals surface area contributed by atoms with Gasteiger partial charge < -0.3 is 14.2 Å². The lowest BCUT2D eigenvalue weighted by molar-refractivity contribution is -0.167. The molecule has 0 radical (unpaired) electrons. The van der Waals surface area contributed by atoms with Gasteiger partial charge in [0, 0.05) is 19.3 Å². The van der Waals surface area contributed by atoms with Crippen molar-refractivity contribution in [2.24, 2.45) is 0 Å². The Kier molecular flexibility index (Phi) is 46.1. The van der Waals surface area contributed by atoms with Crippen molar-refractivity contribution >= 4 is 17.9 Å². The van der Waals surface area contributed by atoms with Gasteiger partial charge in [-0.05, 0) is 96.3 Å². The Morgan fingerprint density at radius 1 is 0.355 bits per heavy atom. The average molecular weight is 857 g/mol. The van der Waals surface area contributed by atoms with E-state index >= 15 is 0 Å². The highest BCUT2D eigenvalue weighted by Gasteiger charge is 2.19. The lowest BCUT2D eigenvalue weighted by Gasteiger charge is -2.18. The maximum absolute atomic E-state index is 12.8. The molecule has 0 aliphatic rings. The first kappa shape index (κ1) is 57.8. The van der Waals surface area contributed by atoms with Crippen molar-refractivity contribution in [1.29, 1.82) is 0 Å². The van der Waals surface area contributed by atoms with Crippen molar-refractivity contribution in [3.05, 3.63) is 122 Å². The van der Waals surface area contributed by atoms with Crippen molar-refractivity contribution in [3.8, 4) is 0 Å². The molecule has 0 saturated carbocycles. The lowest BCUT2D eigenvalue weighted by atomic mass is 10.1. The summed E-state index contributed by atoms with van der Waals surface area (Å²) in [5, 5.41) is 0. The Bertz CT molecular complexity index is 1350. The fourth-order valence-electron chi connectivity index (χ4n) is 6.16. The summed E-state index contributed by atoms with van der Waals surface area (Å²) in [5.74, 6) is -1.04. The van der Waals surface area contributed by atoms with Gasteiger partial charge in [-0.25, -0.2) is 0 Å². The predicted octanol–water partition coefficient (Wildman–Crippen LogP) is 16.1. The molecule has 0 aliphatic carbocycles. The molecule has 1 atom stereocenters. The highest BCUT2D eigenvalue weighted by Crippen LogP contribution is 2.13. The van der Waals surface area contributed by atoms with Crippen LogP contribution in [0.5, 0.6) is 0 Å². The van der Waals surface area contributed by atoms with Crippen LogP contribution in [0.25, 0.3) is 0 Å². The standard InChI is InChI=1S/C56H88O6/c1-4-7-10-13-16-19-22-25-27-29-31-34-37-40-43-46-49-55(58)61-52-53(51-60-54(57)48-45-42-39-36-33-30-24-21-18-15-12-9-6-3)62-56(59)50-47-44-41-38-35-32-28-26-23-20-17-14-11-8-5-2/h7,9-10,12,15-16,18-21,23-25,27,30-31,33-34,36,39,53H,4-6,8,11,13-14,17,22,26,28-29,32,35,37-38,40-52H2,1-3H3/b10-7-,12-9-,18-15-,19-16-,23-20-,24-21-,27-25-,33-30-,34-31-,39-36-. The van der Waals surface area contributed by atoms with Gasteiger partial charge in [0.1, 0.15) is 13.2 Å². The van der Waals surface area contributed by atoms with Gasteiger partial charge in [-0.15, -0.1) is 0 Å². The summed E-state index contributed by atoms with van der Waals surface area (Å²) in [6.07, 6.45) is 67.6. The smallest absolute Gasteiger partial charge is 0.306 e. The molecule has 0 aromatic rings. The van der Waals surface area contributed by atoms with Crippen LogP contribution in [0.1, 0.15) is 194 Å². The second kappa shape index (κ2) is 49.5. The number of hydrogen-bond donors (Lipinski definition) is 0. The monoisotopic (exact) mass is 857 g/mol. The van der Waals surface area contributed by atoms with Gasteiger partial charge in [0.2, 0.25) is 0 Å². The van der Waals surface area contributed by atoms with Crippen molar-refractivity contribution < 1.29 is 28.6 Å². The molecule has 0 aliphatic heterocycles. The van der Waals surface area contributed by atoms with Crippen LogP contribution in [0.4, 0.5) is 0 Å². The van der Waals surface area contributed by atoms with Crippen LogP contribution < -0.4 is 0 Å². The van der Waals surface area contributed by atoms with Gasteiger partial charge in [0.15, 0.2) is 6.10 Å². The van der Waals surface area contributed by atoms with Crippen LogP contribution in [-0.4, -0.2) is 37.2 Å². The van der Waals surface area contributed by atoms with Gasteiger partial charge in [0.25, 0.3) is 0 Å². The molecule has 0 N–H and O–H groups in total. The Morgan fingerprint density at radius 3 is 1.26 bits per heavy atom. The van der Waals surface area contributed by atoms with Gasteiger partial charge in [-0.1, -0.05) is 200 Å². The Labute approximate surface area is 380 Å². The van der Waals surface area contributed by atoms with Crippen LogP contribution in [-0.2, 0) is 28.6 Å². The Balaban J connectivity index is 4.57. The van der Waals surface area contributed by atoms with Crippen LogP contribution in [0, 0.1) is 0 Å². The molecule has 0 aromatic carbocycles. The second-order valence-electron chi connectivity index (χ2n) is 15.7. The molecule has 0 rings (SSSR count). The number of carbonyl (C=O) groups is 3. The molecular formula is C56H88O6. The van der Waals surface area contributed by atoms with E-state index in [-0.39, 0.29) is 37.5 Å². The molecule has 0 amide bonds. The third-order valence-corrected chi connectivity index (χ3v) is 9.81. The zero-order valence-electron chi connectivity index (χ0n) is 39.6. The Hall–Kier alpha value is -4.19. The number of allylic oxidation sites excluding steroid dienone is 20. The topological polar surface area (TPSA) is 78.9 Å². The van der Waals surface area contributed by atoms with Crippen LogP contribution in [0.15, 0.2) is 122 Å². The Morgan fingerprint density at radius 2 is 0.726 bits per heavy atom. The summed E-state index contributed by atoms with van der Waals surface area (Å²) in [5.41, 5.74) is 0. The summed E-state index contributed by atoms with van der Waals surface area (Å²) in [6, 6.07) is 0. The van der Waals surface area contributed by atoms with E-state index in [0.717, 1.165) is 83.5 Å². The highest BCUT2D eigenvalue weighted by atomic mass is 16.6. The molecule has 0 saturated heterocycles. The molecule has 6 heteroatoms. The molecule has 0 bridgehead atoms. The van der Waals surface area contributed by atoms with E-state index in [0.29, 0.717) is 19.3 Å². The normalized spacial score (nSPS) is 13.1. The molecule has 0 spiro atoms. The van der Waals surface area contributed by atoms with E-state index in [9.17, 15) is 14.4 Å². The summed E-state index contributed by atoms with van der Waals surface area (Å²) in [4.78, 5) is 37.9. The van der Waals surface area contributed by atoms with Gasteiger partial charge in [-0.2, -0.15) is 0 Å². The van der Waals surface area contributed by atoms with Crippen molar-refractivity contribution in [3.63, 3.8) is 0 Å². The zero-order valence-corrected chi connectivity index (χ0v) is 39.6. The van der Waals surface area contributed by atoms with Crippen LogP contribution in [0.3, 0.4) is 0 Å². The van der Waals surface area contributed by atoms with E-state index in [2.05, 4.69) is 87.6 Å². The second-order valence-corrected chi connectivity index (χ2v) is 15.7. The maximum atomic E-state index is 12.8. The SMILES string of the molecule is CC\C=C/C=C\C=C/C=C\C=C/CCCC(=O)OCC(COC(=O)CCCCC/C=C\C/C=C\C/C=C\C/C=C\CC)OC(=O)CCCCCCCCC/C=C\CCCCCC. The van der Waals surface area contributed by atoms with Crippen molar-refractivity contribution in [2.75, 3.05) is 13.2 Å². The fraction of sp³-hybridized carbons (Fsp3) is 0.589. The van der Waals surface area contributed by atoms with Crippen molar-refractivity contribution in [2.45, 2.75) is 200 Å².